The van der Waals surface area contributed by atoms with Crippen LogP contribution in [0.25, 0.3) is 0 Å². The lowest BCUT2D eigenvalue weighted by molar-refractivity contribution is 0.100. The number of halogens is 1. The fraction of sp³-hybridized carbons (Fsp3) is 0.267. The van der Waals surface area contributed by atoms with Crippen LogP contribution in [0.5, 0.6) is 0 Å². The average Bonchev–Trinajstić information content (AvgIpc) is 2.83. The van der Waals surface area contributed by atoms with Crippen LogP contribution in [0.3, 0.4) is 0 Å². The first kappa shape index (κ1) is 16.0. The van der Waals surface area contributed by atoms with Gasteiger partial charge in [0.2, 0.25) is 0 Å². The first-order valence-electron chi connectivity index (χ1n) is 6.65. The molecule has 0 spiro atoms. The van der Waals surface area contributed by atoms with E-state index in [1.807, 2.05) is 20.8 Å². The molecule has 2 amide bonds. The molecule has 0 fully saturated rings. The number of rotatable bonds is 3. The Labute approximate surface area is 133 Å². The Morgan fingerprint density at radius 2 is 1.82 bits per heavy atom. The molecule has 0 aliphatic heterocycles. The summed E-state index contributed by atoms with van der Waals surface area (Å²) in [4.78, 5) is 23.9. The highest BCUT2D eigenvalue weighted by atomic mass is 35.5. The third kappa shape index (κ3) is 3.28. The van der Waals surface area contributed by atoms with Gasteiger partial charge in [0.15, 0.2) is 0 Å². The fourth-order valence-electron chi connectivity index (χ4n) is 1.94. The second kappa shape index (κ2) is 5.81. The van der Waals surface area contributed by atoms with Crippen molar-refractivity contribution in [2.45, 2.75) is 26.3 Å². The molecule has 6 nitrogen and oxygen atoms in total. The molecule has 7 heteroatoms. The fourth-order valence-corrected chi connectivity index (χ4v) is 2.06. The van der Waals surface area contributed by atoms with Gasteiger partial charge in [-0.25, -0.2) is 4.68 Å². The molecule has 0 radical (unpaired) electrons. The Hall–Kier alpha value is -2.34. The van der Waals surface area contributed by atoms with Gasteiger partial charge >= 0.3 is 0 Å². The number of hydrogen-bond acceptors (Lipinski definition) is 3. The van der Waals surface area contributed by atoms with Crippen LogP contribution < -0.4 is 11.1 Å². The van der Waals surface area contributed by atoms with Gasteiger partial charge in [-0.15, -0.1) is 0 Å². The van der Waals surface area contributed by atoms with Gasteiger partial charge in [-0.2, -0.15) is 5.10 Å². The van der Waals surface area contributed by atoms with Gasteiger partial charge in [0.25, 0.3) is 11.8 Å². The van der Waals surface area contributed by atoms with Crippen molar-refractivity contribution in [1.82, 2.24) is 9.78 Å². The van der Waals surface area contributed by atoms with Crippen LogP contribution in [-0.2, 0) is 5.54 Å². The van der Waals surface area contributed by atoms with E-state index in [2.05, 4.69) is 10.4 Å². The van der Waals surface area contributed by atoms with E-state index < -0.39 is 11.4 Å². The van der Waals surface area contributed by atoms with Crippen LogP contribution in [-0.4, -0.2) is 21.6 Å². The summed E-state index contributed by atoms with van der Waals surface area (Å²) < 4.78 is 1.56. The SMILES string of the molecule is CC(C)(C)n1ncc(C(N)=O)c1NC(=O)c1ccc(Cl)cc1. The number of hydrogen-bond donors (Lipinski definition) is 2. The van der Waals surface area contributed by atoms with Gasteiger partial charge in [0, 0.05) is 10.6 Å². The van der Waals surface area contributed by atoms with E-state index in [-0.39, 0.29) is 17.3 Å². The van der Waals surface area contributed by atoms with Crippen molar-refractivity contribution in [3.8, 4) is 0 Å². The topological polar surface area (TPSA) is 90.0 Å². The molecule has 1 heterocycles. The molecule has 1 aromatic carbocycles. The minimum atomic E-state index is -0.651. The maximum Gasteiger partial charge on any atom is 0.256 e. The van der Waals surface area contributed by atoms with Crippen molar-refractivity contribution in [2.24, 2.45) is 5.73 Å². The number of amides is 2. The zero-order valence-electron chi connectivity index (χ0n) is 12.6. The van der Waals surface area contributed by atoms with Crippen LogP contribution in [0.1, 0.15) is 41.5 Å². The highest BCUT2D eigenvalue weighted by Crippen LogP contribution is 2.24. The summed E-state index contributed by atoms with van der Waals surface area (Å²) in [5.41, 5.74) is 5.51. The number of nitrogens with zero attached hydrogens (tertiary/aromatic N) is 2. The number of nitrogens with two attached hydrogens (primary N) is 1. The van der Waals surface area contributed by atoms with Crippen molar-refractivity contribution in [3.05, 3.63) is 46.6 Å². The number of carbonyl (C=O) groups is 2. The van der Waals surface area contributed by atoms with Crippen LogP contribution in [0.2, 0.25) is 5.02 Å². The molecule has 0 aliphatic rings. The highest BCUT2D eigenvalue weighted by molar-refractivity contribution is 6.30. The van der Waals surface area contributed by atoms with Crippen molar-refractivity contribution < 1.29 is 9.59 Å². The number of anilines is 1. The summed E-state index contributed by atoms with van der Waals surface area (Å²) in [6, 6.07) is 6.43. The lowest BCUT2D eigenvalue weighted by Crippen LogP contribution is -2.28. The summed E-state index contributed by atoms with van der Waals surface area (Å²) in [6.45, 7) is 5.72. The standard InChI is InChI=1S/C15H17ClN4O2/c1-15(2,3)20-13(11(8-18-20)12(17)21)19-14(22)9-4-6-10(16)7-5-9/h4-8H,1-3H3,(H2,17,21)(H,19,22). The van der Waals surface area contributed by atoms with Crippen molar-refractivity contribution >= 4 is 29.2 Å². The van der Waals surface area contributed by atoms with Crippen LogP contribution in [0.4, 0.5) is 5.82 Å². The molecule has 0 atom stereocenters. The number of benzene rings is 1. The van der Waals surface area contributed by atoms with E-state index in [4.69, 9.17) is 17.3 Å². The van der Waals surface area contributed by atoms with Crippen molar-refractivity contribution in [1.29, 1.82) is 0 Å². The van der Waals surface area contributed by atoms with E-state index in [9.17, 15) is 9.59 Å². The lowest BCUT2D eigenvalue weighted by atomic mass is 10.1. The van der Waals surface area contributed by atoms with E-state index in [0.717, 1.165) is 0 Å². The van der Waals surface area contributed by atoms with E-state index in [1.54, 1.807) is 28.9 Å². The van der Waals surface area contributed by atoms with Gasteiger partial charge in [0.05, 0.1) is 11.7 Å². The molecular formula is C15H17ClN4O2. The van der Waals surface area contributed by atoms with E-state index >= 15 is 0 Å². The first-order chi connectivity index (χ1) is 10.2. The normalized spacial score (nSPS) is 11.3. The maximum atomic E-state index is 12.3. The molecule has 0 saturated heterocycles. The summed E-state index contributed by atoms with van der Waals surface area (Å²) in [5.74, 6) is -0.743. The Morgan fingerprint density at radius 1 is 1.23 bits per heavy atom. The minimum Gasteiger partial charge on any atom is -0.365 e. The monoisotopic (exact) mass is 320 g/mol. The van der Waals surface area contributed by atoms with Crippen LogP contribution in [0, 0.1) is 0 Å². The Morgan fingerprint density at radius 3 is 2.32 bits per heavy atom. The Bertz CT molecular complexity index is 714. The second-order valence-electron chi connectivity index (χ2n) is 5.81. The minimum absolute atomic E-state index is 0.164. The predicted molar refractivity (Wildman–Crippen MR) is 85.1 cm³/mol. The van der Waals surface area contributed by atoms with E-state index in [1.165, 1.54) is 6.20 Å². The number of primary amides is 1. The molecule has 0 aliphatic carbocycles. The van der Waals surface area contributed by atoms with Gasteiger partial charge in [-0.3, -0.25) is 9.59 Å². The maximum absolute atomic E-state index is 12.3. The van der Waals surface area contributed by atoms with Crippen molar-refractivity contribution in [3.63, 3.8) is 0 Å². The Balaban J connectivity index is 2.39. The molecule has 1 aromatic heterocycles. The zero-order valence-corrected chi connectivity index (χ0v) is 13.3. The van der Waals surface area contributed by atoms with E-state index in [0.29, 0.717) is 10.6 Å². The lowest BCUT2D eigenvalue weighted by Gasteiger charge is -2.22. The Kier molecular flexibility index (Phi) is 4.23. The molecule has 2 aromatic rings. The third-order valence-electron chi connectivity index (χ3n) is 3.01. The largest absolute Gasteiger partial charge is 0.365 e. The summed E-state index contributed by atoms with van der Waals surface area (Å²) >= 11 is 5.80. The summed E-state index contributed by atoms with van der Waals surface area (Å²) in [6.07, 6.45) is 1.35. The molecule has 0 bridgehead atoms. The molecule has 116 valence electrons. The number of aromatic nitrogens is 2. The molecule has 0 unspecified atom stereocenters. The highest BCUT2D eigenvalue weighted by Gasteiger charge is 2.24. The molecule has 0 saturated carbocycles. The summed E-state index contributed by atoms with van der Waals surface area (Å²) in [7, 11) is 0. The number of nitrogens with one attached hydrogen (secondary N) is 1. The van der Waals surface area contributed by atoms with Crippen LogP contribution in [0.15, 0.2) is 30.5 Å². The quantitative estimate of drug-likeness (QED) is 0.911. The molecular weight excluding hydrogens is 304 g/mol. The smallest absolute Gasteiger partial charge is 0.256 e. The molecule has 22 heavy (non-hydrogen) atoms. The van der Waals surface area contributed by atoms with Gasteiger partial charge < -0.3 is 11.1 Å². The third-order valence-corrected chi connectivity index (χ3v) is 3.26. The van der Waals surface area contributed by atoms with Gasteiger partial charge in [-0.1, -0.05) is 11.6 Å². The predicted octanol–water partition coefficient (Wildman–Crippen LogP) is 2.64. The average molecular weight is 321 g/mol. The second-order valence-corrected chi connectivity index (χ2v) is 6.25. The summed E-state index contributed by atoms with van der Waals surface area (Å²) in [5, 5.41) is 7.39. The van der Waals surface area contributed by atoms with Crippen molar-refractivity contribution in [2.75, 3.05) is 5.32 Å². The molecule has 2 rings (SSSR count). The first-order valence-corrected chi connectivity index (χ1v) is 7.03. The zero-order chi connectivity index (χ0) is 16.5. The van der Waals surface area contributed by atoms with Gasteiger partial charge in [-0.05, 0) is 45.0 Å². The van der Waals surface area contributed by atoms with Crippen LogP contribution >= 0.6 is 11.6 Å². The number of carbonyl (C=O) groups excluding carboxylic acids is 2. The van der Waals surface area contributed by atoms with Gasteiger partial charge in [0.1, 0.15) is 11.4 Å². The molecule has 3 N–H and O–H groups in total.